The SMILES string of the molecule is O=C(O)C(=Cc1c(Cl)cccc1Cl)C(=O)CCc1ncco1. The molecule has 0 saturated carbocycles. The summed E-state index contributed by atoms with van der Waals surface area (Å²) in [5, 5.41) is 9.77. The molecule has 0 spiro atoms. The van der Waals surface area contributed by atoms with Crippen molar-refractivity contribution in [1.82, 2.24) is 4.98 Å². The van der Waals surface area contributed by atoms with Crippen molar-refractivity contribution in [2.45, 2.75) is 12.8 Å². The Labute approximate surface area is 136 Å². The molecule has 2 aromatic rings. The van der Waals surface area contributed by atoms with Gasteiger partial charge in [-0.3, -0.25) is 4.79 Å². The van der Waals surface area contributed by atoms with Crippen LogP contribution in [0.3, 0.4) is 0 Å². The maximum absolute atomic E-state index is 12.1. The quantitative estimate of drug-likeness (QED) is 0.493. The predicted octanol–water partition coefficient (Wildman–Crippen LogP) is 3.65. The van der Waals surface area contributed by atoms with Crippen LogP contribution in [0.5, 0.6) is 0 Å². The monoisotopic (exact) mass is 339 g/mol. The van der Waals surface area contributed by atoms with Crippen LogP contribution in [0.1, 0.15) is 17.9 Å². The average Bonchev–Trinajstić information content (AvgIpc) is 2.97. The van der Waals surface area contributed by atoms with Crippen molar-refractivity contribution in [1.29, 1.82) is 0 Å². The van der Waals surface area contributed by atoms with E-state index in [0.717, 1.165) is 0 Å². The Morgan fingerprint density at radius 2 is 1.95 bits per heavy atom. The van der Waals surface area contributed by atoms with Crippen molar-refractivity contribution in [3.05, 3.63) is 57.7 Å². The highest BCUT2D eigenvalue weighted by Gasteiger charge is 2.19. The van der Waals surface area contributed by atoms with Crippen LogP contribution in [0.25, 0.3) is 6.08 Å². The number of carboxylic acids is 1. The molecule has 0 aliphatic heterocycles. The molecule has 2 rings (SSSR count). The van der Waals surface area contributed by atoms with Crippen molar-refractivity contribution in [2.24, 2.45) is 0 Å². The minimum atomic E-state index is -1.34. The molecule has 5 nitrogen and oxygen atoms in total. The number of ketones is 1. The average molecular weight is 340 g/mol. The third-order valence-corrected chi connectivity index (χ3v) is 3.53. The topological polar surface area (TPSA) is 80.4 Å². The van der Waals surface area contributed by atoms with Gasteiger partial charge >= 0.3 is 5.97 Å². The first-order valence-corrected chi connectivity index (χ1v) is 7.05. The van der Waals surface area contributed by atoms with E-state index in [4.69, 9.17) is 27.6 Å². The van der Waals surface area contributed by atoms with E-state index in [9.17, 15) is 14.7 Å². The van der Waals surface area contributed by atoms with Crippen LogP contribution >= 0.6 is 23.2 Å². The maximum Gasteiger partial charge on any atom is 0.339 e. The summed E-state index contributed by atoms with van der Waals surface area (Å²) in [6, 6.07) is 4.76. The van der Waals surface area contributed by atoms with Crippen LogP contribution in [0.4, 0.5) is 0 Å². The zero-order chi connectivity index (χ0) is 16.1. The van der Waals surface area contributed by atoms with Gasteiger partial charge < -0.3 is 9.52 Å². The van der Waals surface area contributed by atoms with Gasteiger partial charge in [0.2, 0.25) is 0 Å². The number of carbonyl (C=O) groups is 2. The Hall–Kier alpha value is -2.11. The van der Waals surface area contributed by atoms with Gasteiger partial charge in [-0.05, 0) is 18.2 Å². The van der Waals surface area contributed by atoms with E-state index < -0.39 is 11.8 Å². The number of aryl methyl sites for hydroxylation is 1. The lowest BCUT2D eigenvalue weighted by Crippen LogP contribution is -2.13. The highest BCUT2D eigenvalue weighted by Crippen LogP contribution is 2.27. The fourth-order valence-electron chi connectivity index (χ4n) is 1.79. The second-order valence-corrected chi connectivity index (χ2v) is 5.16. The van der Waals surface area contributed by atoms with Crippen LogP contribution in [-0.2, 0) is 16.0 Å². The zero-order valence-corrected chi connectivity index (χ0v) is 12.8. The lowest BCUT2D eigenvalue weighted by atomic mass is 10.0. The molecular weight excluding hydrogens is 329 g/mol. The summed E-state index contributed by atoms with van der Waals surface area (Å²) in [7, 11) is 0. The molecule has 0 unspecified atom stereocenters. The first-order chi connectivity index (χ1) is 10.5. The molecule has 1 aromatic carbocycles. The van der Waals surface area contributed by atoms with E-state index in [1.165, 1.54) is 18.5 Å². The van der Waals surface area contributed by atoms with Crippen molar-refractivity contribution >= 4 is 41.0 Å². The Bertz CT molecular complexity index is 703. The molecule has 114 valence electrons. The van der Waals surface area contributed by atoms with Gasteiger partial charge in [0.15, 0.2) is 11.7 Å². The van der Waals surface area contributed by atoms with E-state index in [1.54, 1.807) is 18.2 Å². The van der Waals surface area contributed by atoms with Gasteiger partial charge in [0, 0.05) is 28.5 Å². The van der Waals surface area contributed by atoms with Gasteiger partial charge in [-0.1, -0.05) is 29.3 Å². The number of carbonyl (C=O) groups excluding carboxylic acids is 1. The maximum atomic E-state index is 12.1. The van der Waals surface area contributed by atoms with Gasteiger partial charge in [-0.2, -0.15) is 0 Å². The highest BCUT2D eigenvalue weighted by atomic mass is 35.5. The molecule has 1 heterocycles. The molecular formula is C15H11Cl2NO4. The molecule has 22 heavy (non-hydrogen) atoms. The second kappa shape index (κ2) is 7.24. The summed E-state index contributed by atoms with van der Waals surface area (Å²) in [6.45, 7) is 0. The van der Waals surface area contributed by atoms with E-state index >= 15 is 0 Å². The predicted molar refractivity (Wildman–Crippen MR) is 81.9 cm³/mol. The standard InChI is InChI=1S/C15H11Cl2NO4/c16-11-2-1-3-12(17)9(11)8-10(15(20)21)13(19)4-5-14-18-6-7-22-14/h1-3,6-8H,4-5H2,(H,20,21). The van der Waals surface area contributed by atoms with Crippen LogP contribution < -0.4 is 0 Å². The number of carboxylic acid groups (broad SMARTS) is 1. The van der Waals surface area contributed by atoms with Crippen molar-refractivity contribution < 1.29 is 19.1 Å². The molecule has 0 aliphatic rings. The number of nitrogens with zero attached hydrogens (tertiary/aromatic N) is 1. The summed E-state index contributed by atoms with van der Waals surface area (Å²) < 4.78 is 5.01. The van der Waals surface area contributed by atoms with Crippen LogP contribution in [0.2, 0.25) is 10.0 Å². The first kappa shape index (κ1) is 16.3. The van der Waals surface area contributed by atoms with Crippen LogP contribution in [0.15, 0.2) is 40.6 Å². The number of benzene rings is 1. The molecule has 1 N–H and O–H groups in total. The molecule has 0 fully saturated rings. The van der Waals surface area contributed by atoms with Gasteiger partial charge in [0.1, 0.15) is 11.8 Å². The molecule has 0 radical (unpaired) electrons. The molecule has 7 heteroatoms. The lowest BCUT2D eigenvalue weighted by Gasteiger charge is -2.05. The minimum absolute atomic E-state index is 0.0410. The minimum Gasteiger partial charge on any atom is -0.478 e. The fraction of sp³-hybridized carbons (Fsp3) is 0.133. The molecule has 1 aromatic heterocycles. The number of Topliss-reactive ketones (excluding diaryl/α,β-unsaturated/α-hetero) is 1. The number of hydrogen-bond acceptors (Lipinski definition) is 4. The zero-order valence-electron chi connectivity index (χ0n) is 11.3. The Balaban J connectivity index is 2.24. The molecule has 0 saturated heterocycles. The van der Waals surface area contributed by atoms with E-state index in [-0.39, 0.29) is 28.5 Å². The van der Waals surface area contributed by atoms with Gasteiger partial charge in [0.25, 0.3) is 0 Å². The van der Waals surface area contributed by atoms with Gasteiger partial charge in [0.05, 0.1) is 6.20 Å². The lowest BCUT2D eigenvalue weighted by molar-refractivity contribution is -0.134. The largest absolute Gasteiger partial charge is 0.478 e. The summed E-state index contributed by atoms with van der Waals surface area (Å²) >= 11 is 12.0. The number of halogens is 2. The molecule has 0 atom stereocenters. The van der Waals surface area contributed by atoms with Crippen molar-refractivity contribution in [3.63, 3.8) is 0 Å². The third kappa shape index (κ3) is 3.96. The number of aliphatic carboxylic acids is 1. The van der Waals surface area contributed by atoms with Crippen LogP contribution in [-0.4, -0.2) is 21.8 Å². The number of hydrogen-bond donors (Lipinski definition) is 1. The number of rotatable bonds is 6. The Kier molecular flexibility index (Phi) is 5.35. The number of aromatic nitrogens is 1. The smallest absolute Gasteiger partial charge is 0.339 e. The van der Waals surface area contributed by atoms with Crippen molar-refractivity contribution in [3.8, 4) is 0 Å². The number of oxazole rings is 1. The summed E-state index contributed by atoms with van der Waals surface area (Å²) in [6.07, 6.45) is 4.20. The molecule has 0 aliphatic carbocycles. The van der Waals surface area contributed by atoms with Gasteiger partial charge in [-0.25, -0.2) is 9.78 Å². The Morgan fingerprint density at radius 3 is 2.50 bits per heavy atom. The van der Waals surface area contributed by atoms with Crippen molar-refractivity contribution in [2.75, 3.05) is 0 Å². The van der Waals surface area contributed by atoms with E-state index in [1.807, 2.05) is 0 Å². The molecule has 0 bridgehead atoms. The highest BCUT2D eigenvalue weighted by molar-refractivity contribution is 6.37. The summed E-state index contributed by atoms with van der Waals surface area (Å²) in [4.78, 5) is 27.3. The Morgan fingerprint density at radius 1 is 1.27 bits per heavy atom. The normalized spacial score (nSPS) is 11.5. The second-order valence-electron chi connectivity index (χ2n) is 4.35. The third-order valence-electron chi connectivity index (χ3n) is 2.87. The summed E-state index contributed by atoms with van der Waals surface area (Å²) in [5.74, 6) is -1.52. The fourth-order valence-corrected chi connectivity index (χ4v) is 2.29. The van der Waals surface area contributed by atoms with E-state index in [2.05, 4.69) is 4.98 Å². The first-order valence-electron chi connectivity index (χ1n) is 6.29. The van der Waals surface area contributed by atoms with Gasteiger partial charge in [-0.15, -0.1) is 0 Å². The van der Waals surface area contributed by atoms with E-state index in [0.29, 0.717) is 11.5 Å². The van der Waals surface area contributed by atoms with Crippen LogP contribution in [0, 0.1) is 0 Å². The summed E-state index contributed by atoms with van der Waals surface area (Å²) in [5.41, 5.74) is -0.0886. The molecule has 0 amide bonds.